The highest BCUT2D eigenvalue weighted by molar-refractivity contribution is 8.03. The predicted octanol–water partition coefficient (Wildman–Crippen LogP) is 5.76. The molecule has 4 rings (SSSR count). The van der Waals surface area contributed by atoms with Gasteiger partial charge in [0.05, 0.1) is 10.0 Å². The Morgan fingerprint density at radius 3 is 2.50 bits per heavy atom. The number of piperazine rings is 1. The molecule has 30 heavy (non-hydrogen) atoms. The predicted molar refractivity (Wildman–Crippen MR) is 136 cm³/mol. The van der Waals surface area contributed by atoms with E-state index in [0.29, 0.717) is 10.0 Å². The van der Waals surface area contributed by atoms with E-state index >= 15 is 0 Å². The van der Waals surface area contributed by atoms with Crippen molar-refractivity contribution in [2.45, 2.75) is 6.54 Å². The van der Waals surface area contributed by atoms with Crippen LogP contribution in [0.4, 0.5) is 5.69 Å². The Kier molecular flexibility index (Phi) is 8.82. The number of para-hydroxylation sites is 1. The van der Waals surface area contributed by atoms with Crippen molar-refractivity contribution in [3.05, 3.63) is 68.5 Å². The van der Waals surface area contributed by atoms with E-state index in [9.17, 15) is 0 Å². The molecule has 2 aromatic carbocycles. The van der Waals surface area contributed by atoms with E-state index in [0.717, 1.165) is 51.6 Å². The summed E-state index contributed by atoms with van der Waals surface area (Å²) >= 11 is 14.2. The average molecular weight is 485 g/mol. The third kappa shape index (κ3) is 6.09. The Bertz CT molecular complexity index is 882. The summed E-state index contributed by atoms with van der Waals surface area (Å²) in [7, 11) is 2.20. The second-order valence-electron chi connectivity index (χ2n) is 7.77. The number of hydrogen-bond donors (Lipinski definition) is 0. The molecule has 3 nitrogen and oxygen atoms in total. The molecule has 0 unspecified atom stereocenters. The molecule has 0 amide bonds. The molecule has 0 spiro atoms. The first kappa shape index (κ1) is 23.8. The molecule has 2 aliphatic heterocycles. The lowest BCUT2D eigenvalue weighted by atomic mass is 10.1. The molecule has 2 aliphatic rings. The highest BCUT2D eigenvalue weighted by atomic mass is 35.5. The van der Waals surface area contributed by atoms with E-state index in [1.54, 1.807) is 0 Å². The average Bonchev–Trinajstić information content (AvgIpc) is 2.72. The number of rotatable bonds is 4. The topological polar surface area (TPSA) is 9.72 Å². The van der Waals surface area contributed by atoms with Crippen LogP contribution in [0.1, 0.15) is 11.1 Å². The Morgan fingerprint density at radius 2 is 1.73 bits per heavy atom. The van der Waals surface area contributed by atoms with Crippen molar-refractivity contribution < 1.29 is 0 Å². The molecular formula is C23H28Cl3N3S. The van der Waals surface area contributed by atoms with Gasteiger partial charge in [-0.25, -0.2) is 0 Å². The minimum atomic E-state index is 0. The normalized spacial score (nSPS) is 19.7. The van der Waals surface area contributed by atoms with Crippen molar-refractivity contribution in [2.24, 2.45) is 0 Å². The molecular weight excluding hydrogens is 457 g/mol. The van der Waals surface area contributed by atoms with Gasteiger partial charge < -0.3 is 9.80 Å². The van der Waals surface area contributed by atoms with Crippen molar-refractivity contribution in [3.8, 4) is 0 Å². The van der Waals surface area contributed by atoms with Crippen LogP contribution in [-0.4, -0.2) is 61.9 Å². The molecule has 0 N–H and O–H groups in total. The lowest BCUT2D eigenvalue weighted by molar-refractivity contribution is 0.307. The summed E-state index contributed by atoms with van der Waals surface area (Å²) in [6.45, 7) is 7.38. The van der Waals surface area contributed by atoms with Crippen molar-refractivity contribution in [1.29, 1.82) is 0 Å². The molecule has 2 fully saturated rings. The zero-order chi connectivity index (χ0) is 20.2. The zero-order valence-corrected chi connectivity index (χ0v) is 20.3. The number of nitrogens with zero attached hydrogens (tertiary/aromatic N) is 3. The molecule has 2 heterocycles. The van der Waals surface area contributed by atoms with Gasteiger partial charge in [-0.3, -0.25) is 4.90 Å². The molecule has 2 aromatic rings. The first-order valence-electron chi connectivity index (χ1n) is 10.1. The molecule has 0 atom stereocenters. The fourth-order valence-electron chi connectivity index (χ4n) is 3.89. The van der Waals surface area contributed by atoms with E-state index in [2.05, 4.69) is 58.2 Å². The van der Waals surface area contributed by atoms with Crippen LogP contribution in [0.25, 0.3) is 6.08 Å². The molecule has 0 aliphatic carbocycles. The second kappa shape index (κ2) is 11.1. The third-order valence-electron chi connectivity index (χ3n) is 5.56. The van der Waals surface area contributed by atoms with E-state index in [4.69, 9.17) is 23.2 Å². The van der Waals surface area contributed by atoms with Gasteiger partial charge in [0, 0.05) is 57.3 Å². The fourth-order valence-corrected chi connectivity index (χ4v) is 5.30. The third-order valence-corrected chi connectivity index (χ3v) is 7.31. The second-order valence-corrected chi connectivity index (χ2v) is 9.80. The Labute approximate surface area is 200 Å². The Morgan fingerprint density at radius 1 is 0.967 bits per heavy atom. The standard InChI is InChI=1S/C23H27Cl2N3S.ClH/c1-26-8-10-28(11-9-26)23-5-3-2-4-19(23)15-20-17-27(12-13-29-20)16-18-6-7-21(24)22(25)14-18;/h2-7,14-15H,8-13,16-17H2,1H3;1H. The maximum absolute atomic E-state index is 6.19. The monoisotopic (exact) mass is 483 g/mol. The summed E-state index contributed by atoms with van der Waals surface area (Å²) in [5.41, 5.74) is 3.90. The first-order chi connectivity index (χ1) is 14.1. The number of anilines is 1. The molecule has 0 radical (unpaired) electrons. The van der Waals surface area contributed by atoms with Gasteiger partial charge in [0.15, 0.2) is 0 Å². The van der Waals surface area contributed by atoms with Crippen LogP contribution in [0, 0.1) is 0 Å². The van der Waals surface area contributed by atoms with Gasteiger partial charge in [-0.2, -0.15) is 0 Å². The molecule has 0 bridgehead atoms. The minimum Gasteiger partial charge on any atom is -0.368 e. The molecule has 162 valence electrons. The van der Waals surface area contributed by atoms with Crippen LogP contribution in [0.3, 0.4) is 0 Å². The first-order valence-corrected chi connectivity index (χ1v) is 11.8. The van der Waals surface area contributed by atoms with Crippen molar-refractivity contribution in [3.63, 3.8) is 0 Å². The molecule has 2 saturated heterocycles. The van der Waals surface area contributed by atoms with Gasteiger partial charge >= 0.3 is 0 Å². The van der Waals surface area contributed by atoms with Crippen LogP contribution in [-0.2, 0) is 6.54 Å². The summed E-state index contributed by atoms with van der Waals surface area (Å²) < 4.78 is 0. The number of likely N-dealkylation sites (N-methyl/N-ethyl adjacent to an activating group) is 1. The number of halogens is 3. The van der Waals surface area contributed by atoms with Crippen LogP contribution >= 0.6 is 47.4 Å². The maximum Gasteiger partial charge on any atom is 0.0595 e. The van der Waals surface area contributed by atoms with Crippen LogP contribution < -0.4 is 4.90 Å². The summed E-state index contributed by atoms with van der Waals surface area (Å²) in [5.74, 6) is 1.11. The number of thioether (sulfide) groups is 1. The quantitative estimate of drug-likeness (QED) is 0.546. The smallest absolute Gasteiger partial charge is 0.0595 e. The number of benzene rings is 2. The van der Waals surface area contributed by atoms with Gasteiger partial charge in [0.25, 0.3) is 0 Å². The summed E-state index contributed by atoms with van der Waals surface area (Å²) in [4.78, 5) is 8.83. The molecule has 0 aromatic heterocycles. The summed E-state index contributed by atoms with van der Waals surface area (Å²) in [6, 6.07) is 14.8. The van der Waals surface area contributed by atoms with E-state index in [1.165, 1.54) is 21.7 Å². The Hall–Kier alpha value is -0.880. The largest absolute Gasteiger partial charge is 0.368 e. The SMILES string of the molecule is CN1CCN(c2ccccc2C=C2CN(Cc3ccc(Cl)c(Cl)c3)CCS2)CC1.Cl. The highest BCUT2D eigenvalue weighted by Crippen LogP contribution is 2.31. The van der Waals surface area contributed by atoms with E-state index in [1.807, 2.05) is 23.9 Å². The Balaban J connectivity index is 0.00000256. The van der Waals surface area contributed by atoms with Gasteiger partial charge in [0.2, 0.25) is 0 Å². The van der Waals surface area contributed by atoms with E-state index < -0.39 is 0 Å². The zero-order valence-electron chi connectivity index (χ0n) is 17.2. The van der Waals surface area contributed by atoms with Gasteiger partial charge in [-0.1, -0.05) is 47.5 Å². The number of hydrogen-bond acceptors (Lipinski definition) is 4. The minimum absolute atomic E-state index is 0. The van der Waals surface area contributed by atoms with Gasteiger partial charge in [-0.05, 0) is 47.4 Å². The summed E-state index contributed by atoms with van der Waals surface area (Å²) in [6.07, 6.45) is 2.39. The maximum atomic E-state index is 6.19. The van der Waals surface area contributed by atoms with E-state index in [-0.39, 0.29) is 12.4 Å². The molecule has 7 heteroatoms. The van der Waals surface area contributed by atoms with Gasteiger partial charge in [0.1, 0.15) is 0 Å². The highest BCUT2D eigenvalue weighted by Gasteiger charge is 2.19. The van der Waals surface area contributed by atoms with Crippen molar-refractivity contribution >= 4 is 59.1 Å². The van der Waals surface area contributed by atoms with Crippen LogP contribution in [0.5, 0.6) is 0 Å². The molecule has 0 saturated carbocycles. The van der Waals surface area contributed by atoms with Crippen molar-refractivity contribution in [2.75, 3.05) is 57.0 Å². The summed E-state index contributed by atoms with van der Waals surface area (Å²) in [5, 5.41) is 1.25. The van der Waals surface area contributed by atoms with Gasteiger partial charge in [-0.15, -0.1) is 24.2 Å². The van der Waals surface area contributed by atoms with Crippen LogP contribution in [0.2, 0.25) is 10.0 Å². The lowest BCUT2D eigenvalue weighted by Gasteiger charge is -2.35. The van der Waals surface area contributed by atoms with Crippen LogP contribution in [0.15, 0.2) is 47.4 Å². The lowest BCUT2D eigenvalue weighted by Crippen LogP contribution is -2.44. The fraction of sp³-hybridized carbons (Fsp3) is 0.391. The van der Waals surface area contributed by atoms with Crippen molar-refractivity contribution in [1.82, 2.24) is 9.80 Å².